The van der Waals surface area contributed by atoms with Gasteiger partial charge < -0.3 is 14.8 Å². The van der Waals surface area contributed by atoms with E-state index in [-0.39, 0.29) is 18.3 Å². The number of carbonyl (C=O) groups is 3. The van der Waals surface area contributed by atoms with E-state index in [1.54, 1.807) is 12.1 Å². The van der Waals surface area contributed by atoms with E-state index in [0.29, 0.717) is 29.8 Å². The van der Waals surface area contributed by atoms with Gasteiger partial charge in [-0.05, 0) is 37.5 Å². The summed E-state index contributed by atoms with van der Waals surface area (Å²) in [5.41, 5.74) is 0.833. The molecule has 1 N–H and O–H groups in total. The number of amides is 1. The van der Waals surface area contributed by atoms with Crippen molar-refractivity contribution >= 4 is 23.3 Å². The van der Waals surface area contributed by atoms with Crippen LogP contribution in [0.3, 0.4) is 0 Å². The Balaban J connectivity index is 1.73. The molecule has 0 saturated heterocycles. The third-order valence-electron chi connectivity index (χ3n) is 3.60. The van der Waals surface area contributed by atoms with E-state index in [0.717, 1.165) is 12.8 Å². The van der Waals surface area contributed by atoms with Gasteiger partial charge in [0.15, 0.2) is 18.5 Å². The van der Waals surface area contributed by atoms with Crippen molar-refractivity contribution in [2.75, 3.05) is 11.9 Å². The Bertz CT molecular complexity index is 610. The van der Waals surface area contributed by atoms with Crippen LogP contribution in [0.1, 0.15) is 36.0 Å². The highest BCUT2D eigenvalue weighted by molar-refractivity contribution is 5.98. The highest BCUT2D eigenvalue weighted by Gasteiger charge is 2.27. The average Bonchev–Trinajstić information content (AvgIpc) is 2.49. The molecule has 1 aliphatic heterocycles. The predicted octanol–water partition coefficient (Wildman–Crippen LogP) is 1.69. The van der Waals surface area contributed by atoms with Crippen molar-refractivity contribution in [3.63, 3.8) is 0 Å². The molecule has 1 atom stereocenters. The molecule has 0 aromatic heterocycles. The predicted molar refractivity (Wildman–Crippen MR) is 73.2 cm³/mol. The maximum absolute atomic E-state index is 12.1. The van der Waals surface area contributed by atoms with Gasteiger partial charge in [-0.1, -0.05) is 0 Å². The van der Waals surface area contributed by atoms with Crippen molar-refractivity contribution in [1.82, 2.24) is 0 Å². The van der Waals surface area contributed by atoms with Gasteiger partial charge in [0, 0.05) is 6.42 Å². The molecule has 1 heterocycles. The van der Waals surface area contributed by atoms with Crippen LogP contribution >= 0.6 is 0 Å². The third kappa shape index (κ3) is 2.89. The Hall–Kier alpha value is -2.37. The molecule has 1 aromatic carbocycles. The van der Waals surface area contributed by atoms with E-state index < -0.39 is 12.1 Å². The molecule has 0 bridgehead atoms. The molecule has 3 rings (SSSR count). The lowest BCUT2D eigenvalue weighted by Crippen LogP contribution is -2.30. The van der Waals surface area contributed by atoms with Crippen LogP contribution in [0, 0.1) is 0 Å². The first-order chi connectivity index (χ1) is 10.1. The van der Waals surface area contributed by atoms with E-state index in [9.17, 15) is 14.4 Å². The third-order valence-corrected chi connectivity index (χ3v) is 3.60. The number of hydrogen-bond donors (Lipinski definition) is 1. The number of Topliss-reactive ketones (excluding diaryl/α,β-unsaturated/α-hetero) is 1. The monoisotopic (exact) mass is 289 g/mol. The Morgan fingerprint density at radius 3 is 2.95 bits per heavy atom. The Morgan fingerprint density at radius 1 is 1.29 bits per heavy atom. The largest absolute Gasteiger partial charge is 0.482 e. The Morgan fingerprint density at radius 2 is 2.14 bits per heavy atom. The molecule has 110 valence electrons. The number of rotatable bonds is 2. The summed E-state index contributed by atoms with van der Waals surface area (Å²) < 4.78 is 10.5. The van der Waals surface area contributed by atoms with Gasteiger partial charge in [0.1, 0.15) is 5.75 Å². The van der Waals surface area contributed by atoms with Gasteiger partial charge in [-0.15, -0.1) is 0 Å². The molecular formula is C15H15NO5. The first kappa shape index (κ1) is 13.6. The maximum Gasteiger partial charge on any atom is 0.338 e. The number of carbonyl (C=O) groups excluding carboxylic acids is 3. The molecule has 2 aliphatic rings. The molecule has 0 spiro atoms. The van der Waals surface area contributed by atoms with E-state index in [4.69, 9.17) is 9.47 Å². The van der Waals surface area contributed by atoms with Gasteiger partial charge in [0.25, 0.3) is 5.91 Å². The fourth-order valence-electron chi connectivity index (χ4n) is 2.47. The van der Waals surface area contributed by atoms with Gasteiger partial charge in [0.2, 0.25) is 0 Å². The first-order valence-electron chi connectivity index (χ1n) is 6.94. The van der Waals surface area contributed by atoms with Crippen LogP contribution in [0.2, 0.25) is 0 Å². The Kier molecular flexibility index (Phi) is 3.60. The first-order valence-corrected chi connectivity index (χ1v) is 6.94. The van der Waals surface area contributed by atoms with Crippen molar-refractivity contribution in [3.8, 4) is 5.75 Å². The Labute approximate surface area is 121 Å². The summed E-state index contributed by atoms with van der Waals surface area (Å²) in [6, 6.07) is 4.65. The minimum Gasteiger partial charge on any atom is -0.482 e. The SMILES string of the molecule is O=C1COc2cc(C(=O)OC3CCCCC3=O)ccc2N1. The quantitative estimate of drug-likeness (QED) is 0.838. The summed E-state index contributed by atoms with van der Waals surface area (Å²) in [5.74, 6) is -0.362. The topological polar surface area (TPSA) is 81.7 Å². The lowest BCUT2D eigenvalue weighted by atomic mass is 9.96. The lowest BCUT2D eigenvalue weighted by molar-refractivity contribution is -0.130. The smallest absolute Gasteiger partial charge is 0.338 e. The van der Waals surface area contributed by atoms with Crippen LogP contribution in [-0.2, 0) is 14.3 Å². The van der Waals surface area contributed by atoms with Gasteiger partial charge in [-0.25, -0.2) is 4.79 Å². The summed E-state index contributed by atoms with van der Waals surface area (Å²) in [6.45, 7) is -0.0768. The van der Waals surface area contributed by atoms with Crippen LogP contribution in [0.15, 0.2) is 18.2 Å². The molecule has 1 saturated carbocycles. The van der Waals surface area contributed by atoms with Crippen LogP contribution in [0.4, 0.5) is 5.69 Å². The number of ether oxygens (including phenoxy) is 2. The molecule has 6 nitrogen and oxygen atoms in total. The van der Waals surface area contributed by atoms with E-state index in [1.165, 1.54) is 6.07 Å². The molecule has 1 aliphatic carbocycles. The number of benzene rings is 1. The van der Waals surface area contributed by atoms with Crippen molar-refractivity contribution in [1.29, 1.82) is 0 Å². The van der Waals surface area contributed by atoms with Crippen LogP contribution in [0.5, 0.6) is 5.75 Å². The molecule has 1 amide bonds. The fourth-order valence-corrected chi connectivity index (χ4v) is 2.47. The standard InChI is InChI=1S/C15H15NO5/c17-11-3-1-2-4-12(11)21-15(19)9-5-6-10-13(7-9)20-8-14(18)16-10/h5-7,12H,1-4,8H2,(H,16,18). The number of anilines is 1. The van der Waals surface area contributed by atoms with Crippen molar-refractivity contribution in [3.05, 3.63) is 23.8 Å². The number of esters is 1. The molecule has 0 radical (unpaired) electrons. The lowest BCUT2D eigenvalue weighted by Gasteiger charge is -2.21. The molecule has 21 heavy (non-hydrogen) atoms. The van der Waals surface area contributed by atoms with Gasteiger partial charge in [-0.3, -0.25) is 9.59 Å². The summed E-state index contributed by atoms with van der Waals surface area (Å²) >= 11 is 0. The van der Waals surface area contributed by atoms with E-state index in [2.05, 4.69) is 5.32 Å². The average molecular weight is 289 g/mol. The summed E-state index contributed by atoms with van der Waals surface area (Å²) in [7, 11) is 0. The number of hydrogen-bond acceptors (Lipinski definition) is 5. The molecule has 1 fully saturated rings. The highest BCUT2D eigenvalue weighted by Crippen LogP contribution is 2.29. The zero-order valence-corrected chi connectivity index (χ0v) is 11.4. The zero-order valence-electron chi connectivity index (χ0n) is 11.4. The minimum atomic E-state index is -0.636. The van der Waals surface area contributed by atoms with Crippen LogP contribution < -0.4 is 10.1 Å². The number of nitrogens with one attached hydrogen (secondary N) is 1. The molecule has 1 aromatic rings. The van der Waals surface area contributed by atoms with Gasteiger partial charge in [0.05, 0.1) is 11.3 Å². The highest BCUT2D eigenvalue weighted by atomic mass is 16.5. The van der Waals surface area contributed by atoms with Crippen molar-refractivity contribution in [2.45, 2.75) is 31.8 Å². The fraction of sp³-hybridized carbons (Fsp3) is 0.400. The second-order valence-electron chi connectivity index (χ2n) is 5.15. The molecular weight excluding hydrogens is 274 g/mol. The minimum absolute atomic E-state index is 0.0175. The summed E-state index contributed by atoms with van der Waals surface area (Å²) in [5, 5.41) is 2.64. The maximum atomic E-state index is 12.1. The second kappa shape index (κ2) is 5.55. The molecule has 1 unspecified atom stereocenters. The van der Waals surface area contributed by atoms with Crippen molar-refractivity contribution < 1.29 is 23.9 Å². The van der Waals surface area contributed by atoms with Crippen molar-refractivity contribution in [2.24, 2.45) is 0 Å². The normalized spacial score (nSPS) is 21.0. The second-order valence-corrected chi connectivity index (χ2v) is 5.15. The van der Waals surface area contributed by atoms with Crippen LogP contribution in [-0.4, -0.2) is 30.4 Å². The van der Waals surface area contributed by atoms with E-state index >= 15 is 0 Å². The number of fused-ring (bicyclic) bond motifs is 1. The summed E-state index contributed by atoms with van der Waals surface area (Å²) in [6.07, 6.45) is 2.17. The number of ketones is 1. The van der Waals surface area contributed by atoms with E-state index in [1.807, 2.05) is 0 Å². The van der Waals surface area contributed by atoms with Gasteiger partial charge >= 0.3 is 5.97 Å². The van der Waals surface area contributed by atoms with Crippen LogP contribution in [0.25, 0.3) is 0 Å². The van der Waals surface area contributed by atoms with Gasteiger partial charge in [-0.2, -0.15) is 0 Å². The zero-order chi connectivity index (χ0) is 14.8. The molecule has 6 heteroatoms. The summed E-state index contributed by atoms with van der Waals surface area (Å²) in [4.78, 5) is 34.9.